The van der Waals surface area contributed by atoms with Crippen molar-refractivity contribution in [3.8, 4) is 6.07 Å². The standard InChI is InChI=1S/C24H25F3N6O2/c1-31(2)21(34)19-13-23(6-10-32(11-7-23)22(35)20-29-8-3-9-30-20)15-33(19)17-5-4-16(14-28)18(12-17)24(25,26)27/h3-5,8-9,12,19H,6-7,10-11,13,15H2,1-2H3. The molecule has 1 atom stereocenters. The van der Waals surface area contributed by atoms with Crippen molar-refractivity contribution in [2.75, 3.05) is 38.6 Å². The topological polar surface area (TPSA) is 93.4 Å². The second kappa shape index (κ2) is 9.17. The molecule has 1 unspecified atom stereocenters. The van der Waals surface area contributed by atoms with E-state index in [2.05, 4.69) is 9.97 Å². The molecule has 4 rings (SSSR count). The Morgan fingerprint density at radius 3 is 2.40 bits per heavy atom. The highest BCUT2D eigenvalue weighted by atomic mass is 19.4. The molecule has 3 heterocycles. The molecule has 2 aliphatic heterocycles. The Morgan fingerprint density at radius 1 is 1.17 bits per heavy atom. The number of halogens is 3. The molecule has 35 heavy (non-hydrogen) atoms. The second-order valence-electron chi connectivity index (χ2n) is 9.28. The molecule has 184 valence electrons. The molecule has 2 saturated heterocycles. The van der Waals surface area contributed by atoms with Gasteiger partial charge in [-0.05, 0) is 48.9 Å². The number of hydrogen-bond acceptors (Lipinski definition) is 6. The largest absolute Gasteiger partial charge is 0.417 e. The van der Waals surface area contributed by atoms with Crippen LogP contribution in [0.25, 0.3) is 0 Å². The number of nitrogens with zero attached hydrogens (tertiary/aromatic N) is 6. The van der Waals surface area contributed by atoms with Crippen molar-refractivity contribution in [1.82, 2.24) is 19.8 Å². The van der Waals surface area contributed by atoms with Crippen molar-refractivity contribution >= 4 is 17.5 Å². The van der Waals surface area contributed by atoms with Crippen LogP contribution < -0.4 is 4.90 Å². The van der Waals surface area contributed by atoms with Crippen LogP contribution in [-0.4, -0.2) is 71.4 Å². The third kappa shape index (κ3) is 4.78. The Labute approximate surface area is 201 Å². The zero-order chi connectivity index (χ0) is 25.4. The molecule has 0 N–H and O–H groups in total. The van der Waals surface area contributed by atoms with Crippen molar-refractivity contribution in [2.45, 2.75) is 31.5 Å². The van der Waals surface area contributed by atoms with E-state index in [1.54, 1.807) is 36.0 Å². The maximum Gasteiger partial charge on any atom is 0.417 e. The molecule has 0 radical (unpaired) electrons. The first-order chi connectivity index (χ1) is 16.5. The SMILES string of the molecule is CN(C)C(=O)C1CC2(CCN(C(=O)c3ncccn3)CC2)CN1c1ccc(C#N)c(C(F)(F)F)c1. The molecule has 11 heteroatoms. The fraction of sp³-hybridized carbons (Fsp3) is 0.458. The van der Waals surface area contributed by atoms with E-state index in [1.165, 1.54) is 23.4 Å². The average molecular weight is 486 g/mol. The van der Waals surface area contributed by atoms with Crippen molar-refractivity contribution in [3.05, 3.63) is 53.6 Å². The summed E-state index contributed by atoms with van der Waals surface area (Å²) in [5.74, 6) is -0.344. The molecule has 1 spiro atoms. The van der Waals surface area contributed by atoms with Gasteiger partial charge in [0.05, 0.1) is 17.2 Å². The van der Waals surface area contributed by atoms with Crippen molar-refractivity contribution in [2.24, 2.45) is 5.41 Å². The number of hydrogen-bond donors (Lipinski definition) is 0. The number of likely N-dealkylation sites (tertiary alicyclic amines) is 1. The van der Waals surface area contributed by atoms with E-state index in [4.69, 9.17) is 5.26 Å². The number of likely N-dealkylation sites (N-methyl/N-ethyl adjacent to an activating group) is 1. The number of amides is 2. The van der Waals surface area contributed by atoms with Gasteiger partial charge < -0.3 is 14.7 Å². The van der Waals surface area contributed by atoms with Gasteiger partial charge in [0.2, 0.25) is 11.7 Å². The van der Waals surface area contributed by atoms with Crippen LogP contribution in [0.2, 0.25) is 0 Å². The van der Waals surface area contributed by atoms with Crippen molar-refractivity contribution < 1.29 is 22.8 Å². The Morgan fingerprint density at radius 2 is 1.83 bits per heavy atom. The summed E-state index contributed by atoms with van der Waals surface area (Å²) in [5.41, 5.74) is -1.56. The number of nitriles is 1. The van der Waals surface area contributed by atoms with Gasteiger partial charge in [-0.3, -0.25) is 9.59 Å². The van der Waals surface area contributed by atoms with Gasteiger partial charge in [0, 0.05) is 51.8 Å². The van der Waals surface area contributed by atoms with E-state index in [1.807, 2.05) is 0 Å². The quantitative estimate of drug-likeness (QED) is 0.662. The van der Waals surface area contributed by atoms with Gasteiger partial charge in [-0.25, -0.2) is 9.97 Å². The summed E-state index contributed by atoms with van der Waals surface area (Å²) in [7, 11) is 3.24. The number of aromatic nitrogens is 2. The van der Waals surface area contributed by atoms with Gasteiger partial charge >= 0.3 is 6.18 Å². The summed E-state index contributed by atoms with van der Waals surface area (Å²) in [6.45, 7) is 1.26. The van der Waals surface area contributed by atoms with Crippen LogP contribution in [0.4, 0.5) is 18.9 Å². The number of piperidine rings is 1. The summed E-state index contributed by atoms with van der Waals surface area (Å²) >= 11 is 0. The lowest BCUT2D eigenvalue weighted by molar-refractivity contribution is -0.137. The van der Waals surface area contributed by atoms with E-state index >= 15 is 0 Å². The number of rotatable bonds is 3. The number of alkyl halides is 3. The normalized spacial score (nSPS) is 19.5. The van der Waals surface area contributed by atoms with E-state index in [0.29, 0.717) is 38.9 Å². The molecule has 1 aromatic carbocycles. The molecular formula is C24H25F3N6O2. The minimum atomic E-state index is -4.69. The lowest BCUT2D eigenvalue weighted by Crippen LogP contribution is -2.44. The number of carbonyl (C=O) groups is 2. The van der Waals surface area contributed by atoms with Gasteiger partial charge in [0.25, 0.3) is 5.91 Å². The monoisotopic (exact) mass is 486 g/mol. The molecule has 8 nitrogen and oxygen atoms in total. The Bertz CT molecular complexity index is 1150. The Balaban J connectivity index is 1.60. The molecular weight excluding hydrogens is 461 g/mol. The third-order valence-corrected chi connectivity index (χ3v) is 6.86. The lowest BCUT2D eigenvalue weighted by Gasteiger charge is -2.39. The number of anilines is 1. The average Bonchev–Trinajstić information content (AvgIpc) is 3.22. The molecule has 2 fully saturated rings. The minimum absolute atomic E-state index is 0.120. The third-order valence-electron chi connectivity index (χ3n) is 6.86. The molecule has 1 aromatic heterocycles. The molecule has 2 aromatic rings. The van der Waals surface area contributed by atoms with Crippen LogP contribution in [-0.2, 0) is 11.0 Å². The van der Waals surface area contributed by atoms with Gasteiger partial charge in [0.15, 0.2) is 0 Å². The Kier molecular flexibility index (Phi) is 6.40. The van der Waals surface area contributed by atoms with Gasteiger partial charge in [-0.1, -0.05) is 0 Å². The highest BCUT2D eigenvalue weighted by molar-refractivity contribution is 5.90. The predicted octanol–water partition coefficient (Wildman–Crippen LogP) is 2.96. The number of carbonyl (C=O) groups excluding carboxylic acids is 2. The maximum absolute atomic E-state index is 13.6. The van der Waals surface area contributed by atoms with Crippen LogP contribution in [0.5, 0.6) is 0 Å². The molecule has 0 aliphatic carbocycles. The summed E-state index contributed by atoms with van der Waals surface area (Å²) in [6.07, 6.45) is -0.0150. The maximum atomic E-state index is 13.6. The first-order valence-electron chi connectivity index (χ1n) is 11.2. The summed E-state index contributed by atoms with van der Waals surface area (Å²) < 4.78 is 40.8. The van der Waals surface area contributed by atoms with E-state index in [9.17, 15) is 22.8 Å². The summed E-state index contributed by atoms with van der Waals surface area (Å²) in [5, 5.41) is 9.14. The van der Waals surface area contributed by atoms with E-state index in [-0.39, 0.29) is 28.7 Å². The molecule has 2 aliphatic rings. The van der Waals surface area contributed by atoms with Crippen LogP contribution in [0.15, 0.2) is 36.7 Å². The van der Waals surface area contributed by atoms with E-state index in [0.717, 1.165) is 12.1 Å². The van der Waals surface area contributed by atoms with Gasteiger partial charge in [-0.15, -0.1) is 0 Å². The number of benzene rings is 1. The predicted molar refractivity (Wildman–Crippen MR) is 120 cm³/mol. The lowest BCUT2D eigenvalue weighted by atomic mass is 9.76. The summed E-state index contributed by atoms with van der Waals surface area (Å²) in [4.78, 5) is 38.7. The molecule has 0 bridgehead atoms. The van der Waals surface area contributed by atoms with Gasteiger partial charge in [0.1, 0.15) is 6.04 Å². The van der Waals surface area contributed by atoms with Crippen LogP contribution in [0.3, 0.4) is 0 Å². The van der Waals surface area contributed by atoms with Crippen LogP contribution in [0, 0.1) is 16.7 Å². The van der Waals surface area contributed by atoms with Crippen molar-refractivity contribution in [3.63, 3.8) is 0 Å². The van der Waals surface area contributed by atoms with Crippen LogP contribution in [0.1, 0.15) is 41.0 Å². The van der Waals surface area contributed by atoms with E-state index < -0.39 is 23.3 Å². The highest BCUT2D eigenvalue weighted by Gasteiger charge is 2.49. The fourth-order valence-corrected chi connectivity index (χ4v) is 4.99. The van der Waals surface area contributed by atoms with Gasteiger partial charge in [-0.2, -0.15) is 18.4 Å². The van der Waals surface area contributed by atoms with Crippen LogP contribution >= 0.6 is 0 Å². The highest BCUT2D eigenvalue weighted by Crippen LogP contribution is 2.46. The van der Waals surface area contributed by atoms with Crippen molar-refractivity contribution in [1.29, 1.82) is 5.26 Å². The molecule has 0 saturated carbocycles. The minimum Gasteiger partial charge on any atom is -0.359 e. The smallest absolute Gasteiger partial charge is 0.359 e. The fourth-order valence-electron chi connectivity index (χ4n) is 4.99. The first-order valence-corrected chi connectivity index (χ1v) is 11.2. The zero-order valence-corrected chi connectivity index (χ0v) is 19.4. The second-order valence-corrected chi connectivity index (χ2v) is 9.28. The summed E-state index contributed by atoms with van der Waals surface area (Å²) in [6, 6.07) is 6.16. The first kappa shape index (κ1) is 24.4. The Hall–Kier alpha value is -3.68. The molecule has 2 amide bonds. The zero-order valence-electron chi connectivity index (χ0n) is 19.4.